The molecule has 0 bridgehead atoms. The minimum atomic E-state index is 0.161. The highest BCUT2D eigenvalue weighted by molar-refractivity contribution is 9.10. The molecule has 0 aliphatic heterocycles. The zero-order chi connectivity index (χ0) is 13.3. The summed E-state index contributed by atoms with van der Waals surface area (Å²) < 4.78 is 6.33. The first kappa shape index (κ1) is 13.6. The van der Waals surface area contributed by atoms with E-state index in [1.807, 2.05) is 19.1 Å². The Labute approximate surface area is 117 Å². The molecule has 1 aliphatic carbocycles. The molecule has 1 aromatic carbocycles. The predicted molar refractivity (Wildman–Crippen MR) is 76.3 cm³/mol. The van der Waals surface area contributed by atoms with Crippen molar-refractivity contribution in [2.75, 3.05) is 7.11 Å². The normalized spacial score (nSPS) is 23.1. The molecular weight excluding hydrogens is 292 g/mol. The predicted octanol–water partition coefficient (Wildman–Crippen LogP) is 4.39. The first-order valence-corrected chi connectivity index (χ1v) is 7.22. The van der Waals surface area contributed by atoms with E-state index in [9.17, 15) is 4.79 Å². The maximum Gasteiger partial charge on any atom is 0.169 e. The molecular formula is C15H19BrO2. The Bertz CT molecular complexity index is 468. The molecule has 0 heterocycles. The molecule has 98 valence electrons. The summed E-state index contributed by atoms with van der Waals surface area (Å²) in [5.41, 5.74) is 1.80. The molecule has 1 aliphatic rings. The fraction of sp³-hybridized carbons (Fsp3) is 0.533. The van der Waals surface area contributed by atoms with Crippen LogP contribution < -0.4 is 4.74 Å². The van der Waals surface area contributed by atoms with Crippen molar-refractivity contribution in [3.63, 3.8) is 0 Å². The van der Waals surface area contributed by atoms with Gasteiger partial charge in [0, 0.05) is 10.4 Å². The third kappa shape index (κ3) is 2.46. The summed E-state index contributed by atoms with van der Waals surface area (Å²) >= 11 is 3.49. The minimum Gasteiger partial charge on any atom is -0.496 e. The van der Waals surface area contributed by atoms with Gasteiger partial charge in [0.25, 0.3) is 0 Å². The largest absolute Gasteiger partial charge is 0.496 e. The highest BCUT2D eigenvalue weighted by Crippen LogP contribution is 2.37. The Morgan fingerprint density at radius 3 is 2.67 bits per heavy atom. The number of carbonyl (C=O) groups is 1. The fourth-order valence-corrected chi connectivity index (χ4v) is 3.09. The van der Waals surface area contributed by atoms with Crippen LogP contribution in [0.2, 0.25) is 0 Å². The van der Waals surface area contributed by atoms with Gasteiger partial charge in [-0.15, -0.1) is 0 Å². The van der Waals surface area contributed by atoms with Gasteiger partial charge in [-0.25, -0.2) is 0 Å². The lowest BCUT2D eigenvalue weighted by Crippen LogP contribution is -2.18. The Morgan fingerprint density at radius 2 is 2.11 bits per heavy atom. The van der Waals surface area contributed by atoms with E-state index in [1.165, 1.54) is 0 Å². The van der Waals surface area contributed by atoms with Crippen LogP contribution in [0.5, 0.6) is 5.75 Å². The van der Waals surface area contributed by atoms with Crippen molar-refractivity contribution in [2.45, 2.75) is 33.1 Å². The summed E-state index contributed by atoms with van der Waals surface area (Å²) in [5, 5.41) is 0. The van der Waals surface area contributed by atoms with Crippen LogP contribution >= 0.6 is 15.9 Å². The molecule has 18 heavy (non-hydrogen) atoms. The molecule has 1 saturated carbocycles. The van der Waals surface area contributed by atoms with E-state index >= 15 is 0 Å². The van der Waals surface area contributed by atoms with Crippen molar-refractivity contribution >= 4 is 21.7 Å². The molecule has 1 fully saturated rings. The number of hydrogen-bond acceptors (Lipinski definition) is 2. The zero-order valence-corrected chi connectivity index (χ0v) is 12.7. The summed E-state index contributed by atoms with van der Waals surface area (Å²) in [6, 6.07) is 3.83. The average molecular weight is 311 g/mol. The summed E-state index contributed by atoms with van der Waals surface area (Å²) in [4.78, 5) is 12.6. The van der Waals surface area contributed by atoms with Crippen molar-refractivity contribution in [2.24, 2.45) is 11.8 Å². The lowest BCUT2D eigenvalue weighted by molar-refractivity contribution is 0.0894. The highest BCUT2D eigenvalue weighted by Gasteiger charge is 2.31. The Hall–Kier alpha value is -0.830. The van der Waals surface area contributed by atoms with E-state index in [1.54, 1.807) is 7.11 Å². The Morgan fingerprint density at radius 1 is 1.39 bits per heavy atom. The topological polar surface area (TPSA) is 26.3 Å². The van der Waals surface area contributed by atoms with E-state index in [-0.39, 0.29) is 11.7 Å². The number of ketones is 1. The molecule has 2 atom stereocenters. The lowest BCUT2D eigenvalue weighted by atomic mass is 9.89. The SMILES string of the molecule is COc1cc(C)c(Br)cc1C(=O)C1CCCC1C. The molecule has 1 aromatic rings. The number of hydrogen-bond donors (Lipinski definition) is 0. The van der Waals surface area contributed by atoms with Crippen molar-refractivity contribution in [3.05, 3.63) is 27.7 Å². The van der Waals surface area contributed by atoms with Gasteiger partial charge in [0.15, 0.2) is 5.78 Å². The van der Waals surface area contributed by atoms with E-state index < -0.39 is 0 Å². The second-order valence-electron chi connectivity index (χ2n) is 5.18. The molecule has 0 spiro atoms. The van der Waals surface area contributed by atoms with Crippen LogP contribution in [0.1, 0.15) is 42.1 Å². The van der Waals surface area contributed by atoms with E-state index in [0.717, 1.165) is 29.3 Å². The second kappa shape index (κ2) is 5.43. The minimum absolute atomic E-state index is 0.161. The van der Waals surface area contributed by atoms with Gasteiger partial charge in [-0.1, -0.05) is 29.3 Å². The summed E-state index contributed by atoms with van der Waals surface area (Å²) in [5.74, 6) is 1.58. The number of benzene rings is 1. The van der Waals surface area contributed by atoms with Crippen LogP contribution in [-0.4, -0.2) is 12.9 Å². The van der Waals surface area contributed by atoms with Gasteiger partial charge in [0.05, 0.1) is 12.7 Å². The zero-order valence-electron chi connectivity index (χ0n) is 11.1. The maximum atomic E-state index is 12.6. The van der Waals surface area contributed by atoms with Gasteiger partial charge < -0.3 is 4.74 Å². The number of carbonyl (C=O) groups excluding carboxylic acids is 1. The molecule has 0 amide bonds. The summed E-state index contributed by atoms with van der Waals surface area (Å²) in [7, 11) is 1.62. The average Bonchev–Trinajstić information content (AvgIpc) is 2.77. The van der Waals surface area contributed by atoms with Gasteiger partial charge in [-0.2, -0.15) is 0 Å². The van der Waals surface area contributed by atoms with E-state index in [2.05, 4.69) is 22.9 Å². The number of methoxy groups -OCH3 is 1. The molecule has 2 unspecified atom stereocenters. The fourth-order valence-electron chi connectivity index (χ4n) is 2.75. The summed E-state index contributed by atoms with van der Waals surface area (Å²) in [6.45, 7) is 4.17. The summed E-state index contributed by atoms with van der Waals surface area (Å²) in [6.07, 6.45) is 3.33. The van der Waals surface area contributed by atoms with Crippen LogP contribution in [0.25, 0.3) is 0 Å². The number of Topliss-reactive ketones (excluding diaryl/α,β-unsaturated/α-hetero) is 1. The molecule has 3 heteroatoms. The molecule has 0 N–H and O–H groups in total. The van der Waals surface area contributed by atoms with Crippen molar-refractivity contribution < 1.29 is 9.53 Å². The lowest BCUT2D eigenvalue weighted by Gasteiger charge is -2.17. The second-order valence-corrected chi connectivity index (χ2v) is 6.03. The van der Waals surface area contributed by atoms with Crippen LogP contribution in [0.15, 0.2) is 16.6 Å². The Kier molecular flexibility index (Phi) is 4.10. The van der Waals surface area contributed by atoms with Crippen LogP contribution in [0.3, 0.4) is 0 Å². The van der Waals surface area contributed by atoms with Gasteiger partial charge in [0.2, 0.25) is 0 Å². The molecule has 0 saturated heterocycles. The van der Waals surface area contributed by atoms with Gasteiger partial charge in [-0.3, -0.25) is 4.79 Å². The molecule has 2 rings (SSSR count). The maximum absolute atomic E-state index is 12.6. The highest BCUT2D eigenvalue weighted by atomic mass is 79.9. The molecule has 2 nitrogen and oxygen atoms in total. The molecule has 0 aromatic heterocycles. The molecule has 0 radical (unpaired) electrons. The quantitative estimate of drug-likeness (QED) is 0.774. The van der Waals surface area contributed by atoms with Crippen molar-refractivity contribution in [1.29, 1.82) is 0 Å². The van der Waals surface area contributed by atoms with Crippen LogP contribution in [0, 0.1) is 18.8 Å². The first-order valence-electron chi connectivity index (χ1n) is 6.43. The third-order valence-corrected chi connectivity index (χ3v) is 4.80. The Balaban J connectivity index is 2.37. The number of ether oxygens (including phenoxy) is 1. The van der Waals surface area contributed by atoms with E-state index in [0.29, 0.717) is 17.2 Å². The number of rotatable bonds is 3. The van der Waals surface area contributed by atoms with Crippen LogP contribution in [0.4, 0.5) is 0 Å². The van der Waals surface area contributed by atoms with Crippen molar-refractivity contribution in [3.8, 4) is 5.75 Å². The van der Waals surface area contributed by atoms with Crippen LogP contribution in [-0.2, 0) is 0 Å². The standard InChI is InChI=1S/C15H19BrO2/c1-9-5-4-6-11(9)15(17)12-8-13(16)10(2)7-14(12)18-3/h7-9,11H,4-6H2,1-3H3. The monoisotopic (exact) mass is 310 g/mol. The van der Waals surface area contributed by atoms with Gasteiger partial charge in [0.1, 0.15) is 5.75 Å². The number of aryl methyl sites for hydroxylation is 1. The van der Waals surface area contributed by atoms with Crippen molar-refractivity contribution in [1.82, 2.24) is 0 Å². The van der Waals surface area contributed by atoms with E-state index in [4.69, 9.17) is 4.74 Å². The first-order chi connectivity index (χ1) is 8.54. The third-order valence-electron chi connectivity index (χ3n) is 3.94. The van der Waals surface area contributed by atoms with Gasteiger partial charge >= 0.3 is 0 Å². The smallest absolute Gasteiger partial charge is 0.169 e. The number of halogens is 1. The van der Waals surface area contributed by atoms with Gasteiger partial charge in [-0.05, 0) is 43.4 Å².